The summed E-state index contributed by atoms with van der Waals surface area (Å²) in [6.07, 6.45) is 2.37. The van der Waals surface area contributed by atoms with Crippen molar-refractivity contribution in [1.29, 1.82) is 0 Å². The standard InChI is InChI=1S/C15H21NO2/c1-11-5-7-13(8-6-11)12(2)16-9-3-4-14(16)10-15(17)18/h5-8,12,14H,3-4,9-10H2,1-2H3,(H,17,18). The van der Waals surface area contributed by atoms with Crippen molar-refractivity contribution in [3.05, 3.63) is 35.4 Å². The van der Waals surface area contributed by atoms with Crippen LogP contribution in [0.2, 0.25) is 0 Å². The maximum absolute atomic E-state index is 10.9. The molecule has 1 heterocycles. The van der Waals surface area contributed by atoms with Crippen molar-refractivity contribution in [3.63, 3.8) is 0 Å². The van der Waals surface area contributed by atoms with Crippen LogP contribution in [0.3, 0.4) is 0 Å². The van der Waals surface area contributed by atoms with Crippen molar-refractivity contribution in [2.75, 3.05) is 6.54 Å². The van der Waals surface area contributed by atoms with Gasteiger partial charge in [0.05, 0.1) is 6.42 Å². The first kappa shape index (κ1) is 13.1. The van der Waals surface area contributed by atoms with Gasteiger partial charge in [-0.25, -0.2) is 0 Å². The van der Waals surface area contributed by atoms with Crippen LogP contribution in [-0.4, -0.2) is 28.6 Å². The van der Waals surface area contributed by atoms with Gasteiger partial charge in [0.25, 0.3) is 0 Å². The summed E-state index contributed by atoms with van der Waals surface area (Å²) in [4.78, 5) is 13.2. The first-order valence-electron chi connectivity index (χ1n) is 6.62. The van der Waals surface area contributed by atoms with E-state index in [1.807, 2.05) is 0 Å². The van der Waals surface area contributed by atoms with E-state index < -0.39 is 5.97 Å². The topological polar surface area (TPSA) is 40.5 Å². The van der Waals surface area contributed by atoms with E-state index in [1.54, 1.807) is 0 Å². The lowest BCUT2D eigenvalue weighted by Gasteiger charge is -2.30. The summed E-state index contributed by atoms with van der Waals surface area (Å²) in [7, 11) is 0. The molecule has 1 aliphatic heterocycles. The number of nitrogens with zero attached hydrogens (tertiary/aromatic N) is 1. The molecule has 1 saturated heterocycles. The highest BCUT2D eigenvalue weighted by molar-refractivity contribution is 5.67. The summed E-state index contributed by atoms with van der Waals surface area (Å²) in [5.41, 5.74) is 2.53. The van der Waals surface area contributed by atoms with E-state index in [4.69, 9.17) is 5.11 Å². The number of carbonyl (C=O) groups is 1. The molecule has 18 heavy (non-hydrogen) atoms. The van der Waals surface area contributed by atoms with Crippen molar-refractivity contribution in [2.24, 2.45) is 0 Å². The highest BCUT2D eigenvalue weighted by Crippen LogP contribution is 2.30. The molecule has 1 aromatic rings. The average Bonchev–Trinajstić information content (AvgIpc) is 2.76. The van der Waals surface area contributed by atoms with Crippen LogP contribution in [0.5, 0.6) is 0 Å². The van der Waals surface area contributed by atoms with Gasteiger partial charge in [-0.1, -0.05) is 29.8 Å². The molecular formula is C15H21NO2. The van der Waals surface area contributed by atoms with Crippen LogP contribution in [-0.2, 0) is 4.79 Å². The number of likely N-dealkylation sites (tertiary alicyclic amines) is 1. The van der Waals surface area contributed by atoms with Crippen molar-refractivity contribution in [1.82, 2.24) is 4.90 Å². The molecule has 2 atom stereocenters. The summed E-state index contributed by atoms with van der Waals surface area (Å²) >= 11 is 0. The number of benzene rings is 1. The molecular weight excluding hydrogens is 226 g/mol. The van der Waals surface area contributed by atoms with Gasteiger partial charge in [-0.3, -0.25) is 9.69 Å². The van der Waals surface area contributed by atoms with Crippen LogP contribution in [0.15, 0.2) is 24.3 Å². The van der Waals surface area contributed by atoms with Gasteiger partial charge >= 0.3 is 5.97 Å². The van der Waals surface area contributed by atoms with Crippen molar-refractivity contribution in [2.45, 2.75) is 45.2 Å². The number of rotatable bonds is 4. The number of aliphatic carboxylic acids is 1. The Labute approximate surface area is 108 Å². The van der Waals surface area contributed by atoms with Gasteiger partial charge in [0.15, 0.2) is 0 Å². The number of carboxylic acid groups (broad SMARTS) is 1. The van der Waals surface area contributed by atoms with E-state index in [-0.39, 0.29) is 12.5 Å². The molecule has 0 amide bonds. The van der Waals surface area contributed by atoms with Gasteiger partial charge in [-0.2, -0.15) is 0 Å². The molecule has 0 spiro atoms. The minimum absolute atomic E-state index is 0.193. The Morgan fingerprint density at radius 2 is 2.11 bits per heavy atom. The monoisotopic (exact) mass is 247 g/mol. The zero-order chi connectivity index (χ0) is 13.1. The van der Waals surface area contributed by atoms with Crippen molar-refractivity contribution >= 4 is 5.97 Å². The molecule has 1 fully saturated rings. The third-order valence-corrected chi connectivity index (χ3v) is 3.89. The quantitative estimate of drug-likeness (QED) is 0.889. The highest BCUT2D eigenvalue weighted by atomic mass is 16.4. The van der Waals surface area contributed by atoms with Crippen LogP contribution in [0.25, 0.3) is 0 Å². The molecule has 1 aromatic carbocycles. The first-order valence-corrected chi connectivity index (χ1v) is 6.62. The summed E-state index contributed by atoms with van der Waals surface area (Å²) in [6, 6.07) is 9.03. The summed E-state index contributed by atoms with van der Waals surface area (Å²) in [5.74, 6) is -0.692. The normalized spacial score (nSPS) is 22.0. The first-order chi connectivity index (χ1) is 8.58. The Hall–Kier alpha value is -1.35. The van der Waals surface area contributed by atoms with Gasteiger partial charge in [0.1, 0.15) is 0 Å². The van der Waals surface area contributed by atoms with Crippen molar-refractivity contribution < 1.29 is 9.90 Å². The Morgan fingerprint density at radius 1 is 1.44 bits per heavy atom. The molecule has 2 unspecified atom stereocenters. The van der Waals surface area contributed by atoms with E-state index in [0.717, 1.165) is 19.4 Å². The molecule has 1 N–H and O–H groups in total. The van der Waals surface area contributed by atoms with Gasteiger partial charge in [0, 0.05) is 12.1 Å². The number of hydrogen-bond acceptors (Lipinski definition) is 2. The van der Waals surface area contributed by atoms with E-state index in [2.05, 4.69) is 43.0 Å². The Morgan fingerprint density at radius 3 is 2.72 bits per heavy atom. The summed E-state index contributed by atoms with van der Waals surface area (Å²) in [5, 5.41) is 8.95. The largest absolute Gasteiger partial charge is 0.481 e. The minimum atomic E-state index is -0.692. The maximum Gasteiger partial charge on any atom is 0.304 e. The maximum atomic E-state index is 10.9. The number of hydrogen-bond donors (Lipinski definition) is 1. The summed E-state index contributed by atoms with van der Waals surface area (Å²) in [6.45, 7) is 5.26. The average molecular weight is 247 g/mol. The minimum Gasteiger partial charge on any atom is -0.481 e. The smallest absolute Gasteiger partial charge is 0.304 e. The Kier molecular flexibility index (Phi) is 4.02. The second-order valence-corrected chi connectivity index (χ2v) is 5.22. The molecule has 98 valence electrons. The number of aryl methyl sites for hydroxylation is 1. The van der Waals surface area contributed by atoms with E-state index in [1.165, 1.54) is 11.1 Å². The summed E-state index contributed by atoms with van der Waals surface area (Å²) < 4.78 is 0. The Bertz CT molecular complexity index is 413. The molecule has 2 rings (SSSR count). The lowest BCUT2D eigenvalue weighted by atomic mass is 10.0. The molecule has 0 aromatic heterocycles. The molecule has 3 heteroatoms. The van der Waals surface area contributed by atoms with Gasteiger partial charge in [-0.15, -0.1) is 0 Å². The van der Waals surface area contributed by atoms with Gasteiger partial charge < -0.3 is 5.11 Å². The molecule has 0 bridgehead atoms. The molecule has 1 aliphatic rings. The SMILES string of the molecule is Cc1ccc(C(C)N2CCCC2CC(=O)O)cc1. The van der Waals surface area contributed by atoms with Crippen LogP contribution in [0, 0.1) is 6.92 Å². The fraction of sp³-hybridized carbons (Fsp3) is 0.533. The van der Waals surface area contributed by atoms with E-state index in [9.17, 15) is 4.79 Å². The van der Waals surface area contributed by atoms with Gasteiger partial charge in [0.2, 0.25) is 0 Å². The van der Waals surface area contributed by atoms with Gasteiger partial charge in [-0.05, 0) is 38.8 Å². The lowest BCUT2D eigenvalue weighted by Crippen LogP contribution is -2.33. The third-order valence-electron chi connectivity index (χ3n) is 3.89. The fourth-order valence-electron chi connectivity index (χ4n) is 2.83. The second-order valence-electron chi connectivity index (χ2n) is 5.22. The van der Waals surface area contributed by atoms with E-state index in [0.29, 0.717) is 6.04 Å². The molecule has 0 aliphatic carbocycles. The van der Waals surface area contributed by atoms with Crippen LogP contribution in [0.4, 0.5) is 0 Å². The lowest BCUT2D eigenvalue weighted by molar-refractivity contribution is -0.138. The van der Waals surface area contributed by atoms with Crippen molar-refractivity contribution in [3.8, 4) is 0 Å². The third kappa shape index (κ3) is 2.91. The zero-order valence-electron chi connectivity index (χ0n) is 11.1. The molecule has 0 radical (unpaired) electrons. The van der Waals surface area contributed by atoms with Crippen LogP contribution < -0.4 is 0 Å². The molecule has 3 nitrogen and oxygen atoms in total. The highest BCUT2D eigenvalue weighted by Gasteiger charge is 2.30. The van der Waals surface area contributed by atoms with Crippen LogP contribution >= 0.6 is 0 Å². The molecule has 0 saturated carbocycles. The predicted octanol–water partition coefficient (Wildman–Crippen LogP) is 3.00. The fourth-order valence-corrected chi connectivity index (χ4v) is 2.83. The predicted molar refractivity (Wildman–Crippen MR) is 71.6 cm³/mol. The zero-order valence-corrected chi connectivity index (χ0v) is 11.1. The Balaban J connectivity index is 2.09. The number of carboxylic acids is 1. The van der Waals surface area contributed by atoms with E-state index >= 15 is 0 Å². The van der Waals surface area contributed by atoms with Crippen LogP contribution in [0.1, 0.15) is 43.4 Å². The second kappa shape index (κ2) is 5.53.